The topological polar surface area (TPSA) is 115 Å². The Kier molecular flexibility index (Phi) is 6.56. The summed E-state index contributed by atoms with van der Waals surface area (Å²) in [6, 6.07) is 4.26. The Labute approximate surface area is 148 Å². The van der Waals surface area contributed by atoms with Crippen LogP contribution in [0.4, 0.5) is 0 Å². The molecule has 3 amide bonds. The first-order chi connectivity index (χ1) is 11.9. The fourth-order valence-electron chi connectivity index (χ4n) is 3.50. The lowest BCUT2D eigenvalue weighted by molar-refractivity contribution is 0.0902. The number of rotatable bonds is 7. The molecule has 0 radical (unpaired) electrons. The molecule has 6 heteroatoms. The van der Waals surface area contributed by atoms with Crippen LogP contribution in [0.15, 0.2) is 18.2 Å². The zero-order valence-electron chi connectivity index (χ0n) is 14.7. The zero-order chi connectivity index (χ0) is 18.4. The number of hydrogen-bond acceptors (Lipinski definition) is 3. The van der Waals surface area contributed by atoms with Gasteiger partial charge in [0.1, 0.15) is 0 Å². The maximum Gasteiger partial charge on any atom is 0.251 e. The number of benzene rings is 1. The highest BCUT2D eigenvalue weighted by molar-refractivity contribution is 6.03. The van der Waals surface area contributed by atoms with Gasteiger partial charge in [0.25, 0.3) is 5.91 Å². The van der Waals surface area contributed by atoms with E-state index < -0.39 is 11.8 Å². The molecule has 1 aliphatic carbocycles. The summed E-state index contributed by atoms with van der Waals surface area (Å²) in [4.78, 5) is 35.6. The molecule has 2 atom stereocenters. The Morgan fingerprint density at radius 2 is 1.56 bits per heavy atom. The lowest BCUT2D eigenvalue weighted by Gasteiger charge is -2.32. The average molecular weight is 345 g/mol. The third-order valence-corrected chi connectivity index (χ3v) is 4.92. The average Bonchev–Trinajstić information content (AvgIpc) is 2.60. The molecule has 0 bridgehead atoms. The molecular formula is C19H27N3O3. The second kappa shape index (κ2) is 8.65. The molecule has 0 spiro atoms. The van der Waals surface area contributed by atoms with Crippen LogP contribution < -0.4 is 16.8 Å². The number of hydrogen-bond donors (Lipinski definition) is 3. The number of carbonyl (C=O) groups is 3. The molecule has 136 valence electrons. The van der Waals surface area contributed by atoms with Crippen molar-refractivity contribution in [2.24, 2.45) is 17.4 Å². The Balaban J connectivity index is 2.18. The molecule has 1 aromatic carbocycles. The van der Waals surface area contributed by atoms with Gasteiger partial charge in [-0.15, -0.1) is 0 Å². The number of nitrogens with one attached hydrogen (secondary N) is 1. The highest BCUT2D eigenvalue weighted by Crippen LogP contribution is 2.29. The van der Waals surface area contributed by atoms with Gasteiger partial charge < -0.3 is 16.8 Å². The molecule has 2 rings (SSSR count). The summed E-state index contributed by atoms with van der Waals surface area (Å²) in [5.74, 6) is -1.21. The molecular weight excluding hydrogens is 318 g/mol. The summed E-state index contributed by atoms with van der Waals surface area (Å²) in [5, 5.41) is 3.08. The van der Waals surface area contributed by atoms with E-state index in [1.165, 1.54) is 24.6 Å². The number of primary amides is 2. The summed E-state index contributed by atoms with van der Waals surface area (Å²) in [6.45, 7) is 2.16. The van der Waals surface area contributed by atoms with Gasteiger partial charge in [-0.3, -0.25) is 14.4 Å². The van der Waals surface area contributed by atoms with E-state index in [0.29, 0.717) is 5.92 Å². The Morgan fingerprint density at radius 3 is 2.12 bits per heavy atom. The molecule has 1 fully saturated rings. The fourth-order valence-corrected chi connectivity index (χ4v) is 3.50. The fraction of sp³-hybridized carbons (Fsp3) is 0.526. The molecule has 0 saturated heterocycles. The van der Waals surface area contributed by atoms with Crippen molar-refractivity contribution in [2.45, 2.75) is 57.9 Å². The van der Waals surface area contributed by atoms with Crippen LogP contribution in [0.25, 0.3) is 0 Å². The van der Waals surface area contributed by atoms with Gasteiger partial charge in [0.15, 0.2) is 0 Å². The lowest BCUT2D eigenvalue weighted by Crippen LogP contribution is -2.42. The van der Waals surface area contributed by atoms with Crippen LogP contribution >= 0.6 is 0 Å². The van der Waals surface area contributed by atoms with Crippen LogP contribution in [-0.4, -0.2) is 23.8 Å². The quantitative estimate of drug-likeness (QED) is 0.704. The minimum absolute atomic E-state index is 0.104. The minimum Gasteiger partial charge on any atom is -0.366 e. The predicted octanol–water partition coefficient (Wildman–Crippen LogP) is 2.36. The van der Waals surface area contributed by atoms with Crippen LogP contribution in [0.2, 0.25) is 0 Å². The third-order valence-electron chi connectivity index (χ3n) is 4.92. The van der Waals surface area contributed by atoms with Gasteiger partial charge in [0, 0.05) is 22.7 Å². The van der Waals surface area contributed by atoms with Gasteiger partial charge in [0.2, 0.25) is 11.8 Å². The largest absolute Gasteiger partial charge is 0.366 e. The predicted molar refractivity (Wildman–Crippen MR) is 96.2 cm³/mol. The van der Waals surface area contributed by atoms with E-state index in [1.54, 1.807) is 0 Å². The molecule has 25 heavy (non-hydrogen) atoms. The summed E-state index contributed by atoms with van der Waals surface area (Å²) < 4.78 is 0. The van der Waals surface area contributed by atoms with Gasteiger partial charge in [-0.1, -0.05) is 32.6 Å². The van der Waals surface area contributed by atoms with Crippen LogP contribution in [0, 0.1) is 5.92 Å². The molecule has 0 heterocycles. The van der Waals surface area contributed by atoms with Gasteiger partial charge in [-0.2, -0.15) is 0 Å². The smallest absolute Gasteiger partial charge is 0.251 e. The van der Waals surface area contributed by atoms with Gasteiger partial charge in [-0.25, -0.2) is 0 Å². The van der Waals surface area contributed by atoms with Crippen molar-refractivity contribution in [1.82, 2.24) is 5.32 Å². The van der Waals surface area contributed by atoms with Crippen molar-refractivity contribution in [3.05, 3.63) is 34.9 Å². The number of carbonyl (C=O) groups excluding carboxylic acids is 3. The first-order valence-corrected chi connectivity index (χ1v) is 8.98. The first-order valence-electron chi connectivity index (χ1n) is 8.98. The Bertz CT molecular complexity index is 625. The van der Waals surface area contributed by atoms with Crippen LogP contribution in [0.5, 0.6) is 0 Å². The van der Waals surface area contributed by atoms with Crippen LogP contribution in [0.3, 0.4) is 0 Å². The number of nitrogens with two attached hydrogens (primary N) is 2. The maximum absolute atomic E-state index is 12.7. The summed E-state index contributed by atoms with van der Waals surface area (Å²) in [5.41, 5.74) is 11.0. The molecule has 5 N–H and O–H groups in total. The summed E-state index contributed by atoms with van der Waals surface area (Å²) in [7, 11) is 0. The zero-order valence-corrected chi connectivity index (χ0v) is 14.7. The SMILES string of the molecule is CCCCC1CCCCC1NC(=O)c1cc(C(N)=O)cc(C(N)=O)c1. The van der Waals surface area contributed by atoms with E-state index >= 15 is 0 Å². The molecule has 0 aliphatic heterocycles. The van der Waals surface area contributed by atoms with Crippen LogP contribution in [0.1, 0.15) is 82.9 Å². The summed E-state index contributed by atoms with van der Waals surface area (Å²) >= 11 is 0. The highest BCUT2D eigenvalue weighted by Gasteiger charge is 2.26. The van der Waals surface area contributed by atoms with E-state index in [-0.39, 0.29) is 28.6 Å². The molecule has 2 unspecified atom stereocenters. The van der Waals surface area contributed by atoms with Crippen molar-refractivity contribution in [1.29, 1.82) is 0 Å². The third kappa shape index (κ3) is 5.05. The van der Waals surface area contributed by atoms with E-state index in [0.717, 1.165) is 38.5 Å². The van der Waals surface area contributed by atoms with Gasteiger partial charge in [-0.05, 0) is 43.4 Å². The molecule has 1 aromatic rings. The monoisotopic (exact) mass is 345 g/mol. The minimum atomic E-state index is -0.698. The normalized spacial score (nSPS) is 20.0. The second-order valence-corrected chi connectivity index (χ2v) is 6.79. The second-order valence-electron chi connectivity index (χ2n) is 6.79. The lowest BCUT2D eigenvalue weighted by atomic mass is 9.81. The van der Waals surface area contributed by atoms with E-state index in [9.17, 15) is 14.4 Å². The van der Waals surface area contributed by atoms with Crippen molar-refractivity contribution in [3.8, 4) is 0 Å². The van der Waals surface area contributed by atoms with Gasteiger partial charge in [0.05, 0.1) is 0 Å². The van der Waals surface area contributed by atoms with Crippen molar-refractivity contribution in [2.75, 3.05) is 0 Å². The molecule has 0 aromatic heterocycles. The van der Waals surface area contributed by atoms with E-state index in [4.69, 9.17) is 11.5 Å². The number of amides is 3. The standard InChI is InChI=1S/C19H27N3O3/c1-2-3-6-12-7-4-5-8-16(12)22-19(25)15-10-13(17(20)23)9-14(11-15)18(21)24/h9-12,16H,2-8H2,1H3,(H2,20,23)(H2,21,24)(H,22,25). The van der Waals surface area contributed by atoms with Crippen molar-refractivity contribution >= 4 is 17.7 Å². The molecule has 1 aliphatic rings. The van der Waals surface area contributed by atoms with E-state index in [1.807, 2.05) is 0 Å². The highest BCUT2D eigenvalue weighted by atomic mass is 16.2. The van der Waals surface area contributed by atoms with Crippen LogP contribution in [-0.2, 0) is 0 Å². The molecule has 6 nitrogen and oxygen atoms in total. The summed E-state index contributed by atoms with van der Waals surface area (Å²) in [6.07, 6.45) is 7.78. The molecule has 1 saturated carbocycles. The Morgan fingerprint density at radius 1 is 1.00 bits per heavy atom. The van der Waals surface area contributed by atoms with Crippen molar-refractivity contribution < 1.29 is 14.4 Å². The van der Waals surface area contributed by atoms with E-state index in [2.05, 4.69) is 12.2 Å². The maximum atomic E-state index is 12.7. The Hall–Kier alpha value is -2.37. The number of unbranched alkanes of at least 4 members (excludes halogenated alkanes) is 1. The van der Waals surface area contributed by atoms with Gasteiger partial charge >= 0.3 is 0 Å². The first kappa shape index (κ1) is 19.0. The van der Waals surface area contributed by atoms with Crippen molar-refractivity contribution in [3.63, 3.8) is 0 Å².